The van der Waals surface area contributed by atoms with Gasteiger partial charge < -0.3 is 5.73 Å². The lowest BCUT2D eigenvalue weighted by Gasteiger charge is -2.14. The van der Waals surface area contributed by atoms with Gasteiger partial charge in [-0.1, -0.05) is 0 Å². The van der Waals surface area contributed by atoms with Gasteiger partial charge in [-0.05, 0) is 12.8 Å². The molecule has 0 aromatic carbocycles. The molecule has 1 heterocycles. The van der Waals surface area contributed by atoms with E-state index in [-0.39, 0.29) is 0 Å². The molecule has 0 saturated heterocycles. The van der Waals surface area contributed by atoms with Crippen molar-refractivity contribution in [2.45, 2.75) is 25.4 Å². The molecular weight excluding hydrogens is 145 g/mol. The van der Waals surface area contributed by atoms with Crippen LogP contribution in [0.15, 0.2) is 0 Å². The normalized spacial score (nSPS) is 23.2. The highest BCUT2D eigenvalue weighted by atomic mass is 19.1. The summed E-state index contributed by atoms with van der Waals surface area (Å²) in [5, 5.41) is 6.62. The molecule has 60 valence electrons. The fourth-order valence-corrected chi connectivity index (χ4v) is 1.48. The van der Waals surface area contributed by atoms with Crippen molar-refractivity contribution in [3.05, 3.63) is 11.3 Å². The lowest BCUT2D eigenvalue weighted by Crippen LogP contribution is -2.14. The molecule has 11 heavy (non-hydrogen) atoms. The Kier molecular flexibility index (Phi) is 1.34. The van der Waals surface area contributed by atoms with E-state index in [9.17, 15) is 4.39 Å². The topological polar surface area (TPSA) is 54.7 Å². The van der Waals surface area contributed by atoms with Crippen LogP contribution in [0, 0.1) is 0 Å². The highest BCUT2D eigenvalue weighted by Gasteiger charge is 2.21. The number of anilines is 1. The van der Waals surface area contributed by atoms with E-state index in [4.69, 9.17) is 5.73 Å². The van der Waals surface area contributed by atoms with Crippen LogP contribution in [0.4, 0.5) is 10.2 Å². The molecule has 3 nitrogen and oxygen atoms in total. The molecule has 1 aliphatic rings. The summed E-state index contributed by atoms with van der Waals surface area (Å²) < 4.78 is 12.8. The second-order valence-corrected chi connectivity index (χ2v) is 2.91. The molecule has 1 aliphatic carbocycles. The number of nitrogens with two attached hydrogens (primary N) is 1. The van der Waals surface area contributed by atoms with Crippen molar-refractivity contribution in [1.82, 2.24) is 10.2 Å². The molecule has 0 fully saturated rings. The van der Waals surface area contributed by atoms with Gasteiger partial charge in [-0.2, -0.15) is 5.10 Å². The number of aromatic nitrogens is 2. The molecule has 0 aliphatic heterocycles. The number of nitrogens with zero attached hydrogens (tertiary/aromatic N) is 1. The molecular formula is C7H10FN3. The fourth-order valence-electron chi connectivity index (χ4n) is 1.48. The summed E-state index contributed by atoms with van der Waals surface area (Å²) in [6.45, 7) is 0. The van der Waals surface area contributed by atoms with Crippen LogP contribution in [0.3, 0.4) is 0 Å². The SMILES string of the molecule is Nc1n[nH]c2c1C[C@@H](F)CC2. The number of rotatable bonds is 0. The molecule has 0 spiro atoms. The molecule has 1 aromatic rings. The number of hydrogen-bond acceptors (Lipinski definition) is 2. The summed E-state index contributed by atoms with van der Waals surface area (Å²) >= 11 is 0. The maximum absolute atomic E-state index is 12.8. The summed E-state index contributed by atoms with van der Waals surface area (Å²) in [6, 6.07) is 0. The molecule has 1 aromatic heterocycles. The summed E-state index contributed by atoms with van der Waals surface area (Å²) in [7, 11) is 0. The molecule has 0 amide bonds. The monoisotopic (exact) mass is 155 g/mol. The first kappa shape index (κ1) is 6.64. The number of halogens is 1. The summed E-state index contributed by atoms with van der Waals surface area (Å²) in [6.07, 6.45) is 1.02. The lowest BCUT2D eigenvalue weighted by atomic mass is 9.96. The van der Waals surface area contributed by atoms with Gasteiger partial charge in [-0.3, -0.25) is 5.10 Å². The van der Waals surface area contributed by atoms with Crippen LogP contribution < -0.4 is 5.73 Å². The van der Waals surface area contributed by atoms with Crippen molar-refractivity contribution < 1.29 is 4.39 Å². The Bertz CT molecular complexity index is 269. The molecule has 0 unspecified atom stereocenters. The average Bonchev–Trinajstić information content (AvgIpc) is 2.33. The van der Waals surface area contributed by atoms with E-state index in [1.165, 1.54) is 0 Å². The van der Waals surface area contributed by atoms with Gasteiger partial charge >= 0.3 is 0 Å². The highest BCUT2D eigenvalue weighted by molar-refractivity contribution is 5.43. The Hall–Kier alpha value is -1.06. The second kappa shape index (κ2) is 2.22. The van der Waals surface area contributed by atoms with Crippen molar-refractivity contribution in [3.63, 3.8) is 0 Å². The molecule has 3 N–H and O–H groups in total. The molecule has 4 heteroatoms. The van der Waals surface area contributed by atoms with Crippen molar-refractivity contribution >= 4 is 5.82 Å². The zero-order valence-electron chi connectivity index (χ0n) is 6.10. The number of hydrogen-bond donors (Lipinski definition) is 2. The molecule has 0 radical (unpaired) electrons. The minimum Gasteiger partial charge on any atom is -0.382 e. The van der Waals surface area contributed by atoms with Gasteiger partial charge in [0, 0.05) is 17.7 Å². The minimum atomic E-state index is -0.734. The van der Waals surface area contributed by atoms with Crippen molar-refractivity contribution in [2.75, 3.05) is 5.73 Å². The van der Waals surface area contributed by atoms with Gasteiger partial charge in [-0.15, -0.1) is 0 Å². The summed E-state index contributed by atoms with van der Waals surface area (Å²) in [5.41, 5.74) is 7.40. The molecule has 0 bridgehead atoms. The van der Waals surface area contributed by atoms with E-state index >= 15 is 0 Å². The largest absolute Gasteiger partial charge is 0.382 e. The first-order chi connectivity index (χ1) is 5.27. The minimum absolute atomic E-state index is 0.428. The van der Waals surface area contributed by atoms with Crippen LogP contribution in [0.5, 0.6) is 0 Å². The number of fused-ring (bicyclic) bond motifs is 1. The Morgan fingerprint density at radius 2 is 2.45 bits per heavy atom. The number of aryl methyl sites for hydroxylation is 1. The number of nitrogens with one attached hydrogen (secondary N) is 1. The molecule has 2 rings (SSSR count). The Morgan fingerprint density at radius 3 is 3.27 bits per heavy atom. The van der Waals surface area contributed by atoms with E-state index in [1.807, 2.05) is 0 Å². The third-order valence-corrected chi connectivity index (χ3v) is 2.12. The number of alkyl halides is 1. The van der Waals surface area contributed by atoms with Gasteiger partial charge in [0.25, 0.3) is 0 Å². The smallest absolute Gasteiger partial charge is 0.148 e. The van der Waals surface area contributed by atoms with E-state index in [0.29, 0.717) is 18.7 Å². The number of H-pyrrole nitrogens is 1. The van der Waals surface area contributed by atoms with E-state index in [0.717, 1.165) is 17.7 Å². The standard InChI is InChI=1S/C7H10FN3/c8-4-1-2-6-5(3-4)7(9)11-10-6/h4H,1-3H2,(H3,9,10,11)/t4-/m0/s1. The van der Waals surface area contributed by atoms with Crippen LogP contribution in [-0.4, -0.2) is 16.4 Å². The van der Waals surface area contributed by atoms with Gasteiger partial charge in [0.1, 0.15) is 12.0 Å². The summed E-state index contributed by atoms with van der Waals surface area (Å²) in [5.74, 6) is 0.461. The van der Waals surface area contributed by atoms with Crippen molar-refractivity contribution in [3.8, 4) is 0 Å². The van der Waals surface area contributed by atoms with Gasteiger partial charge in [0.15, 0.2) is 0 Å². The molecule has 0 saturated carbocycles. The van der Waals surface area contributed by atoms with Gasteiger partial charge in [0.05, 0.1) is 0 Å². The second-order valence-electron chi connectivity index (χ2n) is 2.91. The predicted molar refractivity (Wildman–Crippen MR) is 39.9 cm³/mol. The average molecular weight is 155 g/mol. The first-order valence-electron chi connectivity index (χ1n) is 3.73. The maximum atomic E-state index is 12.8. The predicted octanol–water partition coefficient (Wildman–Crippen LogP) is 0.819. The van der Waals surface area contributed by atoms with Crippen molar-refractivity contribution in [1.29, 1.82) is 0 Å². The third-order valence-electron chi connectivity index (χ3n) is 2.12. The number of nitrogen functional groups attached to an aromatic ring is 1. The van der Waals surface area contributed by atoms with Crippen LogP contribution in [-0.2, 0) is 12.8 Å². The number of aromatic amines is 1. The van der Waals surface area contributed by atoms with E-state index < -0.39 is 6.17 Å². The fraction of sp³-hybridized carbons (Fsp3) is 0.571. The van der Waals surface area contributed by atoms with E-state index in [2.05, 4.69) is 10.2 Å². The van der Waals surface area contributed by atoms with Crippen LogP contribution in [0.1, 0.15) is 17.7 Å². The van der Waals surface area contributed by atoms with E-state index in [1.54, 1.807) is 0 Å². The summed E-state index contributed by atoms with van der Waals surface area (Å²) in [4.78, 5) is 0. The first-order valence-corrected chi connectivity index (χ1v) is 3.73. The molecule has 1 atom stereocenters. The van der Waals surface area contributed by atoms with Crippen LogP contribution in [0.2, 0.25) is 0 Å². The quantitative estimate of drug-likeness (QED) is 0.582. The van der Waals surface area contributed by atoms with Crippen LogP contribution >= 0.6 is 0 Å². The Balaban J connectivity index is 2.37. The van der Waals surface area contributed by atoms with Crippen molar-refractivity contribution in [2.24, 2.45) is 0 Å². The zero-order chi connectivity index (χ0) is 7.84. The Labute approximate surface area is 63.8 Å². The lowest BCUT2D eigenvalue weighted by molar-refractivity contribution is 0.301. The highest BCUT2D eigenvalue weighted by Crippen LogP contribution is 2.24. The Morgan fingerprint density at radius 1 is 1.64 bits per heavy atom. The maximum Gasteiger partial charge on any atom is 0.148 e. The van der Waals surface area contributed by atoms with Crippen LogP contribution in [0.25, 0.3) is 0 Å². The third kappa shape index (κ3) is 0.982. The van der Waals surface area contributed by atoms with Gasteiger partial charge in [-0.25, -0.2) is 4.39 Å². The zero-order valence-corrected chi connectivity index (χ0v) is 6.10. The van der Waals surface area contributed by atoms with Gasteiger partial charge in [0.2, 0.25) is 0 Å².